The van der Waals surface area contributed by atoms with Crippen molar-refractivity contribution in [2.75, 3.05) is 13.2 Å². The minimum Gasteiger partial charge on any atom is -0.480 e. The van der Waals surface area contributed by atoms with Crippen LogP contribution in [0.25, 0.3) is 0 Å². The normalized spacial score (nSPS) is 12.9. The van der Waals surface area contributed by atoms with Crippen LogP contribution >= 0.6 is 0 Å². The van der Waals surface area contributed by atoms with E-state index in [4.69, 9.17) is 9.84 Å². The number of carbonyl (C=O) groups is 1. The molecular formula is C16H26O4. The van der Waals surface area contributed by atoms with E-state index >= 15 is 0 Å². The SMILES string of the molecule is CC(C)(O)/C=C/C=C\CCCC/C=C\COCC(=O)O. The number of carboxylic acids is 1. The van der Waals surface area contributed by atoms with Crippen molar-refractivity contribution < 1.29 is 19.7 Å². The summed E-state index contributed by atoms with van der Waals surface area (Å²) in [4.78, 5) is 10.2. The first-order chi connectivity index (χ1) is 9.42. The van der Waals surface area contributed by atoms with Gasteiger partial charge in [-0.05, 0) is 39.5 Å². The zero-order valence-electron chi connectivity index (χ0n) is 12.4. The van der Waals surface area contributed by atoms with Gasteiger partial charge in [-0.15, -0.1) is 0 Å². The number of rotatable bonds is 11. The van der Waals surface area contributed by atoms with Gasteiger partial charge in [0.2, 0.25) is 0 Å². The van der Waals surface area contributed by atoms with E-state index in [9.17, 15) is 9.90 Å². The molecule has 20 heavy (non-hydrogen) atoms. The van der Waals surface area contributed by atoms with Gasteiger partial charge in [0.1, 0.15) is 6.61 Å². The molecule has 0 rings (SSSR count). The van der Waals surface area contributed by atoms with E-state index in [1.807, 2.05) is 24.3 Å². The molecule has 0 saturated carbocycles. The van der Waals surface area contributed by atoms with Crippen molar-refractivity contribution in [2.24, 2.45) is 0 Å². The zero-order valence-corrected chi connectivity index (χ0v) is 12.4. The molecule has 4 heteroatoms. The van der Waals surface area contributed by atoms with Gasteiger partial charge < -0.3 is 14.9 Å². The van der Waals surface area contributed by atoms with Crippen LogP contribution in [0.4, 0.5) is 0 Å². The Hall–Kier alpha value is -1.39. The van der Waals surface area contributed by atoms with E-state index in [1.54, 1.807) is 19.9 Å². The van der Waals surface area contributed by atoms with Crippen LogP contribution in [0.5, 0.6) is 0 Å². The number of aliphatic hydroxyl groups is 1. The predicted molar refractivity (Wildman–Crippen MR) is 80.6 cm³/mol. The number of aliphatic carboxylic acids is 1. The van der Waals surface area contributed by atoms with Gasteiger partial charge in [0, 0.05) is 0 Å². The lowest BCUT2D eigenvalue weighted by atomic mass is 10.1. The Kier molecular flexibility index (Phi) is 10.6. The summed E-state index contributed by atoms with van der Waals surface area (Å²) in [5.74, 6) is -0.941. The van der Waals surface area contributed by atoms with E-state index in [1.165, 1.54) is 0 Å². The first-order valence-corrected chi connectivity index (χ1v) is 6.93. The molecular weight excluding hydrogens is 256 g/mol. The van der Waals surface area contributed by atoms with Gasteiger partial charge >= 0.3 is 5.97 Å². The number of hydrogen-bond acceptors (Lipinski definition) is 3. The molecule has 4 nitrogen and oxygen atoms in total. The lowest BCUT2D eigenvalue weighted by Gasteiger charge is -2.08. The van der Waals surface area contributed by atoms with Crippen LogP contribution in [0.1, 0.15) is 39.5 Å². The highest BCUT2D eigenvalue weighted by molar-refractivity contribution is 5.67. The predicted octanol–water partition coefficient (Wildman–Crippen LogP) is 3.09. The van der Waals surface area contributed by atoms with Crippen molar-refractivity contribution in [3.05, 3.63) is 36.5 Å². The molecule has 0 amide bonds. The van der Waals surface area contributed by atoms with Crippen molar-refractivity contribution in [1.82, 2.24) is 0 Å². The maximum Gasteiger partial charge on any atom is 0.329 e. The lowest BCUT2D eigenvalue weighted by molar-refractivity contribution is -0.141. The van der Waals surface area contributed by atoms with E-state index < -0.39 is 11.6 Å². The fraction of sp³-hybridized carbons (Fsp3) is 0.562. The topological polar surface area (TPSA) is 66.8 Å². The Morgan fingerprint density at radius 3 is 2.35 bits per heavy atom. The summed E-state index contributed by atoms with van der Waals surface area (Å²) in [5, 5.41) is 17.8. The summed E-state index contributed by atoms with van der Waals surface area (Å²) in [6, 6.07) is 0. The highest BCUT2D eigenvalue weighted by Gasteiger charge is 2.03. The van der Waals surface area contributed by atoms with Crippen LogP contribution in [0.15, 0.2) is 36.5 Å². The third-order valence-electron chi connectivity index (χ3n) is 2.35. The number of unbranched alkanes of at least 4 members (excludes halogenated alkanes) is 3. The van der Waals surface area contributed by atoms with Gasteiger partial charge in [-0.3, -0.25) is 0 Å². The maximum atomic E-state index is 10.2. The number of hydrogen-bond donors (Lipinski definition) is 2. The second-order valence-electron chi connectivity index (χ2n) is 5.11. The average molecular weight is 282 g/mol. The quantitative estimate of drug-likeness (QED) is 0.347. The van der Waals surface area contributed by atoms with Crippen LogP contribution < -0.4 is 0 Å². The molecule has 2 N–H and O–H groups in total. The highest BCUT2D eigenvalue weighted by atomic mass is 16.5. The molecule has 114 valence electrons. The third-order valence-corrected chi connectivity index (χ3v) is 2.35. The summed E-state index contributed by atoms with van der Waals surface area (Å²) in [6.45, 7) is 3.59. The van der Waals surface area contributed by atoms with Gasteiger partial charge in [0.05, 0.1) is 12.2 Å². The summed E-state index contributed by atoms with van der Waals surface area (Å²) in [5.41, 5.74) is -0.752. The minimum atomic E-state index is -0.941. The van der Waals surface area contributed by atoms with E-state index in [-0.39, 0.29) is 6.61 Å². The van der Waals surface area contributed by atoms with Gasteiger partial charge in [-0.1, -0.05) is 36.5 Å². The van der Waals surface area contributed by atoms with E-state index in [0.717, 1.165) is 25.7 Å². The van der Waals surface area contributed by atoms with Crippen molar-refractivity contribution in [3.63, 3.8) is 0 Å². The van der Waals surface area contributed by atoms with Crippen molar-refractivity contribution >= 4 is 5.97 Å². The Morgan fingerprint density at radius 1 is 1.10 bits per heavy atom. The molecule has 0 aromatic carbocycles. The molecule has 0 bridgehead atoms. The summed E-state index contributed by atoms with van der Waals surface area (Å²) in [6.07, 6.45) is 15.7. The maximum absolute atomic E-state index is 10.2. The highest BCUT2D eigenvalue weighted by Crippen LogP contribution is 2.04. The van der Waals surface area contributed by atoms with Gasteiger partial charge in [-0.2, -0.15) is 0 Å². The van der Waals surface area contributed by atoms with Gasteiger partial charge in [-0.25, -0.2) is 4.79 Å². The molecule has 0 aliphatic heterocycles. The van der Waals surface area contributed by atoms with Crippen molar-refractivity contribution in [2.45, 2.75) is 45.1 Å². The molecule has 0 aliphatic carbocycles. The molecule has 0 saturated heterocycles. The average Bonchev–Trinajstić information content (AvgIpc) is 2.33. The fourth-order valence-corrected chi connectivity index (χ4v) is 1.39. The molecule has 0 aliphatic rings. The second-order valence-corrected chi connectivity index (χ2v) is 5.11. The Labute approximate surface area is 121 Å². The number of ether oxygens (including phenoxy) is 1. The number of carboxylic acid groups (broad SMARTS) is 1. The molecule has 0 fully saturated rings. The first-order valence-electron chi connectivity index (χ1n) is 6.93. The minimum absolute atomic E-state index is 0.243. The Bertz CT molecular complexity index is 335. The van der Waals surface area contributed by atoms with Crippen LogP contribution in [0, 0.1) is 0 Å². The fourth-order valence-electron chi connectivity index (χ4n) is 1.39. The van der Waals surface area contributed by atoms with Crippen molar-refractivity contribution in [3.8, 4) is 0 Å². The smallest absolute Gasteiger partial charge is 0.329 e. The second kappa shape index (κ2) is 11.4. The summed E-state index contributed by atoms with van der Waals surface area (Å²) in [7, 11) is 0. The molecule has 0 atom stereocenters. The van der Waals surface area contributed by atoms with Crippen molar-refractivity contribution in [1.29, 1.82) is 0 Å². The Morgan fingerprint density at radius 2 is 1.75 bits per heavy atom. The molecule has 0 aromatic heterocycles. The third kappa shape index (κ3) is 16.6. The first kappa shape index (κ1) is 18.6. The van der Waals surface area contributed by atoms with E-state index in [2.05, 4.69) is 6.08 Å². The Balaban J connectivity index is 3.40. The zero-order chi connectivity index (χ0) is 15.3. The van der Waals surface area contributed by atoms with Crippen LogP contribution in [0.3, 0.4) is 0 Å². The largest absolute Gasteiger partial charge is 0.480 e. The van der Waals surface area contributed by atoms with Gasteiger partial charge in [0.25, 0.3) is 0 Å². The van der Waals surface area contributed by atoms with Crippen LogP contribution in [-0.4, -0.2) is 35.0 Å². The monoisotopic (exact) mass is 282 g/mol. The molecule has 0 spiro atoms. The molecule has 0 radical (unpaired) electrons. The standard InChI is InChI=1S/C16H26O4/c1-16(2,19)12-10-8-6-4-3-5-7-9-11-13-20-14-15(17)18/h6,8-12,19H,3-5,7,13-14H2,1-2H3,(H,17,18)/b8-6-,11-9-,12-10+. The molecule has 0 heterocycles. The number of allylic oxidation sites excluding steroid dienone is 4. The van der Waals surface area contributed by atoms with Crippen LogP contribution in [0.2, 0.25) is 0 Å². The lowest BCUT2D eigenvalue weighted by Crippen LogP contribution is -2.13. The molecule has 0 aromatic rings. The van der Waals surface area contributed by atoms with E-state index in [0.29, 0.717) is 6.61 Å². The van der Waals surface area contributed by atoms with Crippen LogP contribution in [-0.2, 0) is 9.53 Å². The summed E-state index contributed by atoms with van der Waals surface area (Å²) < 4.78 is 4.87. The molecule has 0 unspecified atom stereocenters. The summed E-state index contributed by atoms with van der Waals surface area (Å²) >= 11 is 0. The van der Waals surface area contributed by atoms with Gasteiger partial charge in [0.15, 0.2) is 0 Å².